The Hall–Kier alpha value is -2.96. The number of nitrogens with one attached hydrogen (secondary N) is 2. The van der Waals surface area contributed by atoms with Crippen LogP contribution in [0.1, 0.15) is 15.9 Å². The minimum absolute atomic E-state index is 0.0213. The lowest BCUT2D eigenvalue weighted by atomic mass is 10.1. The van der Waals surface area contributed by atoms with Crippen LogP contribution in [0.5, 0.6) is 0 Å². The number of nitro benzene ring substituents is 1. The molecule has 0 unspecified atom stereocenters. The predicted molar refractivity (Wildman–Crippen MR) is 79.6 cm³/mol. The van der Waals surface area contributed by atoms with E-state index in [-0.39, 0.29) is 11.6 Å². The molecule has 0 saturated carbocycles. The maximum absolute atomic E-state index is 12.0. The van der Waals surface area contributed by atoms with Crippen LogP contribution < -0.4 is 10.6 Å². The minimum Gasteiger partial charge on any atom is -0.373 e. The zero-order chi connectivity index (χ0) is 15.4. The summed E-state index contributed by atoms with van der Waals surface area (Å²) in [5.41, 5.74) is 1.42. The Morgan fingerprint density at radius 2 is 2.05 bits per heavy atom. The van der Waals surface area contributed by atoms with Crippen molar-refractivity contribution in [3.63, 3.8) is 0 Å². The normalized spacial score (nSPS) is 10.0. The van der Waals surface area contributed by atoms with Crippen LogP contribution in [0, 0.1) is 17.0 Å². The smallest absolute Gasteiger partial charge is 0.272 e. The molecule has 1 aromatic carbocycles. The molecule has 1 aromatic heterocycles. The van der Waals surface area contributed by atoms with Crippen molar-refractivity contribution in [1.82, 2.24) is 4.98 Å². The summed E-state index contributed by atoms with van der Waals surface area (Å²) in [6.07, 6.45) is 1.46. The van der Waals surface area contributed by atoms with Crippen LogP contribution >= 0.6 is 0 Å². The van der Waals surface area contributed by atoms with Crippen molar-refractivity contribution in [3.8, 4) is 0 Å². The molecular formula is C14H14N4O3. The van der Waals surface area contributed by atoms with E-state index in [0.29, 0.717) is 22.6 Å². The van der Waals surface area contributed by atoms with Gasteiger partial charge in [-0.15, -0.1) is 0 Å². The van der Waals surface area contributed by atoms with E-state index in [9.17, 15) is 14.9 Å². The van der Waals surface area contributed by atoms with Crippen LogP contribution in [-0.2, 0) is 0 Å². The maximum Gasteiger partial charge on any atom is 0.272 e. The Bertz CT molecular complexity index is 683. The van der Waals surface area contributed by atoms with Crippen molar-refractivity contribution < 1.29 is 9.72 Å². The number of hydrogen-bond acceptors (Lipinski definition) is 5. The second kappa shape index (κ2) is 6.00. The topological polar surface area (TPSA) is 97.2 Å². The van der Waals surface area contributed by atoms with Crippen LogP contribution in [0.15, 0.2) is 36.5 Å². The van der Waals surface area contributed by atoms with Gasteiger partial charge in [0.15, 0.2) is 0 Å². The third-order valence-corrected chi connectivity index (χ3v) is 2.93. The van der Waals surface area contributed by atoms with Crippen LogP contribution in [0.3, 0.4) is 0 Å². The lowest BCUT2D eigenvalue weighted by molar-refractivity contribution is -0.385. The molecule has 2 N–H and O–H groups in total. The summed E-state index contributed by atoms with van der Waals surface area (Å²) < 4.78 is 0. The van der Waals surface area contributed by atoms with E-state index in [4.69, 9.17) is 0 Å². The highest BCUT2D eigenvalue weighted by Gasteiger charge is 2.12. The van der Waals surface area contributed by atoms with Crippen molar-refractivity contribution in [1.29, 1.82) is 0 Å². The Morgan fingerprint density at radius 3 is 2.57 bits per heavy atom. The summed E-state index contributed by atoms with van der Waals surface area (Å²) in [4.78, 5) is 26.4. The molecule has 2 rings (SSSR count). The van der Waals surface area contributed by atoms with Gasteiger partial charge in [0.05, 0.1) is 10.5 Å². The van der Waals surface area contributed by atoms with Crippen LogP contribution in [0.25, 0.3) is 0 Å². The SMILES string of the molecule is CNc1ccc(C(=O)Nc2ccc([N+](=O)[O-])c(C)c2)cn1. The summed E-state index contributed by atoms with van der Waals surface area (Å²) >= 11 is 0. The number of carbonyl (C=O) groups excluding carboxylic acids is 1. The van der Waals surface area contributed by atoms with E-state index in [2.05, 4.69) is 15.6 Å². The van der Waals surface area contributed by atoms with Gasteiger partial charge in [-0.2, -0.15) is 0 Å². The number of aryl methyl sites for hydroxylation is 1. The monoisotopic (exact) mass is 286 g/mol. The number of hydrogen-bond donors (Lipinski definition) is 2. The lowest BCUT2D eigenvalue weighted by Gasteiger charge is -2.07. The molecule has 0 atom stereocenters. The van der Waals surface area contributed by atoms with Crippen molar-refractivity contribution in [2.24, 2.45) is 0 Å². The van der Waals surface area contributed by atoms with Gasteiger partial charge >= 0.3 is 0 Å². The molecule has 0 aliphatic carbocycles. The molecule has 0 fully saturated rings. The van der Waals surface area contributed by atoms with Gasteiger partial charge in [-0.1, -0.05) is 0 Å². The van der Waals surface area contributed by atoms with E-state index in [1.54, 1.807) is 32.2 Å². The molecule has 0 bridgehead atoms. The van der Waals surface area contributed by atoms with Gasteiger partial charge in [0.2, 0.25) is 0 Å². The Labute approximate surface area is 121 Å². The lowest BCUT2D eigenvalue weighted by Crippen LogP contribution is -2.12. The number of anilines is 2. The van der Waals surface area contributed by atoms with Gasteiger partial charge in [0, 0.05) is 30.6 Å². The number of amides is 1. The van der Waals surface area contributed by atoms with Gasteiger partial charge < -0.3 is 10.6 Å². The Kier molecular flexibility index (Phi) is 4.13. The average molecular weight is 286 g/mol. The fraction of sp³-hybridized carbons (Fsp3) is 0.143. The molecule has 7 nitrogen and oxygen atoms in total. The van der Waals surface area contributed by atoms with Crippen molar-refractivity contribution >= 4 is 23.1 Å². The van der Waals surface area contributed by atoms with E-state index in [0.717, 1.165) is 0 Å². The fourth-order valence-corrected chi connectivity index (χ4v) is 1.82. The third kappa shape index (κ3) is 3.33. The molecule has 2 aromatic rings. The van der Waals surface area contributed by atoms with Crippen molar-refractivity contribution in [3.05, 3.63) is 57.8 Å². The second-order valence-corrected chi connectivity index (χ2v) is 4.39. The standard InChI is InChI=1S/C14H14N4O3/c1-9-7-11(4-5-12(9)18(20)21)17-14(19)10-3-6-13(15-2)16-8-10/h3-8H,1-2H3,(H,15,16)(H,17,19). The van der Waals surface area contributed by atoms with Gasteiger partial charge in [0.1, 0.15) is 5.82 Å². The number of pyridine rings is 1. The number of nitrogens with zero attached hydrogens (tertiary/aromatic N) is 2. The average Bonchev–Trinajstić information content (AvgIpc) is 2.47. The quantitative estimate of drug-likeness (QED) is 0.665. The number of benzene rings is 1. The van der Waals surface area contributed by atoms with Gasteiger partial charge in [-0.05, 0) is 31.2 Å². The summed E-state index contributed by atoms with van der Waals surface area (Å²) in [6.45, 7) is 1.62. The molecule has 1 heterocycles. The van der Waals surface area contributed by atoms with Crippen LogP contribution in [-0.4, -0.2) is 22.9 Å². The first-order chi connectivity index (χ1) is 10.0. The molecule has 0 saturated heterocycles. The summed E-state index contributed by atoms with van der Waals surface area (Å²) in [7, 11) is 1.74. The first kappa shape index (κ1) is 14.4. The molecule has 108 valence electrons. The molecule has 0 spiro atoms. The molecule has 0 aliphatic heterocycles. The molecule has 0 aliphatic rings. The first-order valence-electron chi connectivity index (χ1n) is 6.21. The van der Waals surface area contributed by atoms with E-state index in [1.165, 1.54) is 18.3 Å². The Morgan fingerprint density at radius 1 is 1.29 bits per heavy atom. The molecule has 0 radical (unpaired) electrons. The Balaban J connectivity index is 2.15. The molecule has 21 heavy (non-hydrogen) atoms. The highest BCUT2D eigenvalue weighted by Crippen LogP contribution is 2.22. The van der Waals surface area contributed by atoms with Gasteiger partial charge in [-0.25, -0.2) is 4.98 Å². The molecular weight excluding hydrogens is 272 g/mol. The zero-order valence-corrected chi connectivity index (χ0v) is 11.6. The van der Waals surface area contributed by atoms with Crippen molar-refractivity contribution in [2.45, 2.75) is 6.92 Å². The maximum atomic E-state index is 12.0. The minimum atomic E-state index is -0.457. The number of nitro groups is 1. The van der Waals surface area contributed by atoms with Gasteiger partial charge in [0.25, 0.3) is 11.6 Å². The van der Waals surface area contributed by atoms with E-state index in [1.807, 2.05) is 0 Å². The highest BCUT2D eigenvalue weighted by molar-refractivity contribution is 6.04. The predicted octanol–water partition coefficient (Wildman–Crippen LogP) is 2.59. The molecule has 1 amide bonds. The number of carbonyl (C=O) groups is 1. The second-order valence-electron chi connectivity index (χ2n) is 4.39. The first-order valence-corrected chi connectivity index (χ1v) is 6.21. The van der Waals surface area contributed by atoms with E-state index < -0.39 is 4.92 Å². The largest absolute Gasteiger partial charge is 0.373 e. The van der Waals surface area contributed by atoms with Crippen LogP contribution in [0.2, 0.25) is 0 Å². The highest BCUT2D eigenvalue weighted by atomic mass is 16.6. The zero-order valence-electron chi connectivity index (χ0n) is 11.6. The number of rotatable bonds is 4. The van der Waals surface area contributed by atoms with Gasteiger partial charge in [-0.3, -0.25) is 14.9 Å². The van der Waals surface area contributed by atoms with Crippen molar-refractivity contribution in [2.75, 3.05) is 17.7 Å². The molecule has 7 heteroatoms. The summed E-state index contributed by atoms with van der Waals surface area (Å²) in [5, 5.41) is 16.3. The number of aromatic nitrogens is 1. The summed E-state index contributed by atoms with van der Waals surface area (Å²) in [6, 6.07) is 7.76. The van der Waals surface area contributed by atoms with E-state index >= 15 is 0 Å². The summed E-state index contributed by atoms with van der Waals surface area (Å²) in [5.74, 6) is 0.344. The third-order valence-electron chi connectivity index (χ3n) is 2.93. The fourth-order valence-electron chi connectivity index (χ4n) is 1.82. The van der Waals surface area contributed by atoms with Crippen LogP contribution in [0.4, 0.5) is 17.2 Å².